The number of carbonyl (C=O) groups excluding carboxylic acids is 1. The zero-order valence-corrected chi connectivity index (χ0v) is 54.8. The second-order valence-electron chi connectivity index (χ2n) is 25.6. The average molecular weight is 1140 g/mol. The first-order valence-corrected chi connectivity index (χ1v) is 36.7. The number of nitrogens with zero attached hydrogens (tertiary/aromatic N) is 1. The maximum Gasteiger partial charge on any atom is 0.268 e. The summed E-state index contributed by atoms with van der Waals surface area (Å²) in [5.74, 6) is -0.198. The van der Waals surface area contributed by atoms with E-state index in [1.54, 1.807) is 6.08 Å². The van der Waals surface area contributed by atoms with Crippen molar-refractivity contribution in [1.29, 1.82) is 0 Å². The van der Waals surface area contributed by atoms with E-state index in [2.05, 4.69) is 31.3 Å². The second kappa shape index (κ2) is 61.5. The Bertz CT molecular complexity index is 1340. The molecule has 0 saturated carbocycles. The highest BCUT2D eigenvalue weighted by atomic mass is 31.2. The van der Waals surface area contributed by atoms with Gasteiger partial charge < -0.3 is 28.8 Å². The number of amides is 1. The fourth-order valence-electron chi connectivity index (χ4n) is 10.9. The Hall–Kier alpha value is -1.02. The summed E-state index contributed by atoms with van der Waals surface area (Å²) in [7, 11) is 1.26. The Morgan fingerprint density at radius 2 is 0.709 bits per heavy atom. The summed E-state index contributed by atoms with van der Waals surface area (Å²) in [5, 5.41) is 13.9. The van der Waals surface area contributed by atoms with E-state index in [4.69, 9.17) is 9.05 Å². The number of nitrogens with one attached hydrogen (secondary N) is 1. The lowest BCUT2D eigenvalue weighted by atomic mass is 10.0. The molecular formula is C70H139N2O6P. The van der Waals surface area contributed by atoms with Gasteiger partial charge in [0.15, 0.2) is 0 Å². The number of rotatable bonds is 66. The third-order valence-electron chi connectivity index (χ3n) is 16.4. The van der Waals surface area contributed by atoms with Crippen LogP contribution in [0.15, 0.2) is 24.3 Å². The summed E-state index contributed by atoms with van der Waals surface area (Å²) in [4.78, 5) is 25.6. The monoisotopic (exact) mass is 1140 g/mol. The Labute approximate surface area is 494 Å². The molecule has 0 aliphatic heterocycles. The number of hydrogen-bond acceptors (Lipinski definition) is 6. The van der Waals surface area contributed by atoms with Crippen molar-refractivity contribution >= 4 is 13.7 Å². The Balaban J connectivity index is 4.07. The van der Waals surface area contributed by atoms with Gasteiger partial charge in [-0.2, -0.15) is 0 Å². The van der Waals surface area contributed by atoms with Gasteiger partial charge in [-0.3, -0.25) is 9.36 Å². The number of aliphatic hydroxyl groups is 1. The van der Waals surface area contributed by atoms with Gasteiger partial charge in [-0.05, 0) is 32.1 Å². The van der Waals surface area contributed by atoms with Crippen LogP contribution in [0, 0.1) is 0 Å². The molecule has 0 aliphatic rings. The van der Waals surface area contributed by atoms with Crippen LogP contribution in [0.3, 0.4) is 0 Å². The van der Waals surface area contributed by atoms with Crippen molar-refractivity contribution in [3.05, 3.63) is 24.3 Å². The van der Waals surface area contributed by atoms with E-state index in [9.17, 15) is 19.4 Å². The van der Waals surface area contributed by atoms with E-state index < -0.39 is 20.0 Å². The molecule has 0 bridgehead atoms. The molecule has 3 atom stereocenters. The normalized spacial score (nSPS) is 13.8. The van der Waals surface area contributed by atoms with Crippen molar-refractivity contribution in [2.75, 3.05) is 40.9 Å². The molecule has 0 aromatic carbocycles. The lowest BCUT2D eigenvalue weighted by Gasteiger charge is -2.29. The number of hydrogen-bond donors (Lipinski definition) is 2. The molecule has 470 valence electrons. The molecule has 0 fully saturated rings. The predicted molar refractivity (Wildman–Crippen MR) is 344 cm³/mol. The van der Waals surface area contributed by atoms with Crippen LogP contribution in [0.2, 0.25) is 0 Å². The van der Waals surface area contributed by atoms with Crippen LogP contribution in [0.1, 0.15) is 367 Å². The SMILES string of the molecule is CCCCCCCCCCCCCCCCCCCCCCCCCCC/C=C/CC/C=C/C(O)C(COP(=O)([O-])OCC[N+](C)(C)C)NC(=O)CCCCCCCCCCCCCCCCCCCCCCCCCCCC. The summed E-state index contributed by atoms with van der Waals surface area (Å²) >= 11 is 0. The summed E-state index contributed by atoms with van der Waals surface area (Å²) in [6.45, 7) is 4.70. The highest BCUT2D eigenvalue weighted by Gasteiger charge is 2.23. The molecule has 9 heteroatoms. The smallest absolute Gasteiger partial charge is 0.268 e. The number of carbonyl (C=O) groups is 1. The molecule has 0 spiro atoms. The Morgan fingerprint density at radius 3 is 1.03 bits per heavy atom. The molecule has 0 radical (unpaired) electrons. The van der Waals surface area contributed by atoms with Crippen molar-refractivity contribution in [2.45, 2.75) is 379 Å². The van der Waals surface area contributed by atoms with E-state index in [1.165, 1.54) is 308 Å². The van der Waals surface area contributed by atoms with Gasteiger partial charge in [0.1, 0.15) is 13.2 Å². The maximum atomic E-state index is 13.0. The van der Waals surface area contributed by atoms with E-state index in [0.717, 1.165) is 38.5 Å². The fourth-order valence-corrected chi connectivity index (χ4v) is 11.7. The highest BCUT2D eigenvalue weighted by Crippen LogP contribution is 2.38. The Kier molecular flexibility index (Phi) is 60.7. The summed E-state index contributed by atoms with van der Waals surface area (Å²) in [6.07, 6.45) is 80.3. The molecule has 0 aliphatic carbocycles. The number of phosphoric ester groups is 1. The largest absolute Gasteiger partial charge is 0.756 e. The minimum Gasteiger partial charge on any atom is -0.756 e. The van der Waals surface area contributed by atoms with Crippen LogP contribution in [0.5, 0.6) is 0 Å². The van der Waals surface area contributed by atoms with Gasteiger partial charge in [0.05, 0.1) is 39.9 Å². The predicted octanol–water partition coefficient (Wildman–Crippen LogP) is 21.6. The summed E-state index contributed by atoms with van der Waals surface area (Å²) in [6, 6.07) is -0.902. The van der Waals surface area contributed by atoms with Crippen molar-refractivity contribution in [2.24, 2.45) is 0 Å². The van der Waals surface area contributed by atoms with E-state index >= 15 is 0 Å². The lowest BCUT2D eigenvalue weighted by Crippen LogP contribution is -2.45. The van der Waals surface area contributed by atoms with Crippen molar-refractivity contribution < 1.29 is 32.9 Å². The van der Waals surface area contributed by atoms with Crippen LogP contribution >= 0.6 is 7.82 Å². The molecule has 0 rings (SSSR count). The first-order chi connectivity index (χ1) is 38.5. The number of unbranched alkanes of at least 4 members (excludes halogenated alkanes) is 51. The number of likely N-dealkylation sites (N-methyl/N-ethyl adjacent to an activating group) is 1. The van der Waals surface area contributed by atoms with Crippen molar-refractivity contribution in [3.63, 3.8) is 0 Å². The van der Waals surface area contributed by atoms with Gasteiger partial charge in [0.25, 0.3) is 7.82 Å². The van der Waals surface area contributed by atoms with Gasteiger partial charge in [0.2, 0.25) is 5.91 Å². The standard InChI is InChI=1S/C70H139N2O6P/c1-6-8-10-12-14-16-18-20-22-24-26-28-30-32-34-35-36-37-38-39-41-43-45-47-49-51-53-55-57-59-61-63-69(73)68(67-78-79(75,76)77-66-65-72(3,4)5)71-70(74)64-62-60-58-56-54-52-50-48-46-44-42-40-33-31-29-27-25-23-21-19-17-15-13-11-9-7-2/h53,55,61,63,68-69,73H,6-52,54,56-60,62,64-67H2,1-5H3,(H-,71,74,75,76)/b55-53+,63-61+. The molecule has 0 saturated heterocycles. The van der Waals surface area contributed by atoms with E-state index in [-0.39, 0.29) is 19.1 Å². The molecular weight excluding hydrogens is 996 g/mol. The highest BCUT2D eigenvalue weighted by molar-refractivity contribution is 7.45. The Morgan fingerprint density at radius 1 is 0.430 bits per heavy atom. The van der Waals surface area contributed by atoms with Crippen LogP contribution < -0.4 is 10.2 Å². The van der Waals surface area contributed by atoms with Gasteiger partial charge in [-0.25, -0.2) is 0 Å². The number of allylic oxidation sites excluding steroid dienone is 3. The van der Waals surface area contributed by atoms with E-state index in [0.29, 0.717) is 17.4 Å². The molecule has 3 unspecified atom stereocenters. The van der Waals surface area contributed by atoms with Gasteiger partial charge in [0, 0.05) is 6.42 Å². The third-order valence-corrected chi connectivity index (χ3v) is 17.4. The first-order valence-electron chi connectivity index (χ1n) is 35.2. The van der Waals surface area contributed by atoms with Crippen molar-refractivity contribution in [3.8, 4) is 0 Å². The zero-order chi connectivity index (χ0) is 57.7. The lowest BCUT2D eigenvalue weighted by molar-refractivity contribution is -0.870. The van der Waals surface area contributed by atoms with Gasteiger partial charge in [-0.1, -0.05) is 353 Å². The van der Waals surface area contributed by atoms with Crippen molar-refractivity contribution in [1.82, 2.24) is 5.32 Å². The molecule has 1 amide bonds. The zero-order valence-electron chi connectivity index (χ0n) is 53.9. The van der Waals surface area contributed by atoms with Crippen LogP contribution in [0.25, 0.3) is 0 Å². The topological polar surface area (TPSA) is 108 Å². The number of phosphoric acid groups is 1. The number of aliphatic hydroxyl groups excluding tert-OH is 1. The van der Waals surface area contributed by atoms with Crippen LogP contribution in [-0.2, 0) is 18.4 Å². The second-order valence-corrected chi connectivity index (χ2v) is 27.0. The molecule has 0 heterocycles. The molecule has 0 aromatic rings. The quantitative estimate of drug-likeness (QED) is 0.0272. The summed E-state index contributed by atoms with van der Waals surface area (Å²) < 4.78 is 23.4. The number of quaternary nitrogens is 1. The molecule has 0 aromatic heterocycles. The average Bonchev–Trinajstić information content (AvgIpc) is 3.42. The van der Waals surface area contributed by atoms with Gasteiger partial charge >= 0.3 is 0 Å². The van der Waals surface area contributed by atoms with Gasteiger partial charge in [-0.15, -0.1) is 0 Å². The molecule has 79 heavy (non-hydrogen) atoms. The van der Waals surface area contributed by atoms with Crippen LogP contribution in [0.4, 0.5) is 0 Å². The summed E-state index contributed by atoms with van der Waals surface area (Å²) in [5.41, 5.74) is 0. The third kappa shape index (κ3) is 64.4. The molecule has 8 nitrogen and oxygen atoms in total. The minimum absolute atomic E-state index is 0.00340. The molecule has 2 N–H and O–H groups in total. The minimum atomic E-state index is -4.61. The van der Waals surface area contributed by atoms with E-state index in [1.807, 2.05) is 27.2 Å². The first kappa shape index (κ1) is 78.0. The van der Waals surface area contributed by atoms with Crippen LogP contribution in [-0.4, -0.2) is 68.5 Å². The fraction of sp³-hybridized carbons (Fsp3) is 0.929. The maximum absolute atomic E-state index is 13.0.